The van der Waals surface area contributed by atoms with Crippen LogP contribution in [0.5, 0.6) is 0 Å². The summed E-state index contributed by atoms with van der Waals surface area (Å²) in [5.41, 5.74) is 3.42. The largest absolute Gasteiger partial charge is 0.350 e. The fourth-order valence-corrected chi connectivity index (χ4v) is 3.85. The van der Waals surface area contributed by atoms with Crippen LogP contribution >= 0.6 is 0 Å². The van der Waals surface area contributed by atoms with E-state index in [1.807, 2.05) is 43.5 Å². The van der Waals surface area contributed by atoms with E-state index in [4.69, 9.17) is 0 Å². The summed E-state index contributed by atoms with van der Waals surface area (Å²) in [7, 11) is 3.95. The van der Waals surface area contributed by atoms with Gasteiger partial charge in [-0.05, 0) is 24.5 Å². The summed E-state index contributed by atoms with van der Waals surface area (Å²) < 4.78 is 3.90. The van der Waals surface area contributed by atoms with E-state index < -0.39 is 0 Å². The standard InChI is InChI=1S/C19H22N4O/c1-21-12-14(16-6-3-4-7-18(16)21)10-19(24)23-9-5-8-17(23)15-11-20-22(2)13-15/h3-4,6-7,11-13,17H,5,8-10H2,1-2H3/t17-/m0/s1. The van der Waals surface area contributed by atoms with Gasteiger partial charge in [0.2, 0.25) is 5.91 Å². The van der Waals surface area contributed by atoms with Gasteiger partial charge in [-0.3, -0.25) is 9.48 Å². The summed E-state index contributed by atoms with van der Waals surface area (Å²) in [6.07, 6.45) is 8.52. The van der Waals surface area contributed by atoms with Crippen LogP contribution in [0.2, 0.25) is 0 Å². The number of fused-ring (bicyclic) bond motifs is 1. The highest BCUT2D eigenvalue weighted by Gasteiger charge is 2.31. The van der Waals surface area contributed by atoms with Crippen LogP contribution in [-0.2, 0) is 25.3 Å². The number of hydrogen-bond donors (Lipinski definition) is 0. The average molecular weight is 322 g/mol. The van der Waals surface area contributed by atoms with Gasteiger partial charge in [0.1, 0.15) is 0 Å². The zero-order valence-corrected chi connectivity index (χ0v) is 14.1. The number of rotatable bonds is 3. The number of carbonyl (C=O) groups excluding carboxylic acids is 1. The second-order valence-electron chi connectivity index (χ2n) is 6.65. The first-order valence-electron chi connectivity index (χ1n) is 8.44. The van der Waals surface area contributed by atoms with Crippen LogP contribution in [0.25, 0.3) is 10.9 Å². The topological polar surface area (TPSA) is 43.1 Å². The molecular weight excluding hydrogens is 300 g/mol. The molecule has 0 unspecified atom stereocenters. The number of nitrogens with zero attached hydrogens (tertiary/aromatic N) is 4. The predicted octanol–water partition coefficient (Wildman–Crippen LogP) is 2.82. The zero-order chi connectivity index (χ0) is 16.7. The Labute approximate surface area is 141 Å². The van der Waals surface area contributed by atoms with Crippen molar-refractivity contribution in [3.8, 4) is 0 Å². The Hall–Kier alpha value is -2.56. The summed E-state index contributed by atoms with van der Waals surface area (Å²) >= 11 is 0. The molecule has 5 heteroatoms. The van der Waals surface area contributed by atoms with Crippen LogP contribution in [0.4, 0.5) is 0 Å². The molecule has 3 heterocycles. The van der Waals surface area contributed by atoms with Crippen molar-refractivity contribution >= 4 is 16.8 Å². The van der Waals surface area contributed by atoms with Crippen LogP contribution in [-0.4, -0.2) is 31.7 Å². The van der Waals surface area contributed by atoms with Crippen molar-refractivity contribution < 1.29 is 4.79 Å². The van der Waals surface area contributed by atoms with Gasteiger partial charge < -0.3 is 9.47 Å². The van der Waals surface area contributed by atoms with E-state index in [0.717, 1.165) is 30.5 Å². The van der Waals surface area contributed by atoms with Gasteiger partial charge in [0.15, 0.2) is 0 Å². The molecule has 0 N–H and O–H groups in total. The average Bonchev–Trinajstić information content (AvgIpc) is 3.28. The number of amides is 1. The van der Waals surface area contributed by atoms with Crippen molar-refractivity contribution in [2.24, 2.45) is 14.1 Å². The number of benzene rings is 1. The maximum atomic E-state index is 12.9. The molecule has 1 aliphatic heterocycles. The maximum absolute atomic E-state index is 12.9. The zero-order valence-electron chi connectivity index (χ0n) is 14.1. The summed E-state index contributed by atoms with van der Waals surface area (Å²) in [6, 6.07) is 8.43. The van der Waals surface area contributed by atoms with E-state index in [0.29, 0.717) is 6.42 Å². The Kier molecular flexibility index (Phi) is 3.63. The third kappa shape index (κ3) is 2.50. The predicted molar refractivity (Wildman–Crippen MR) is 93.5 cm³/mol. The highest BCUT2D eigenvalue weighted by atomic mass is 16.2. The Morgan fingerprint density at radius 2 is 2.08 bits per heavy atom. The fourth-order valence-electron chi connectivity index (χ4n) is 3.85. The van der Waals surface area contributed by atoms with E-state index in [-0.39, 0.29) is 11.9 Å². The second-order valence-corrected chi connectivity index (χ2v) is 6.65. The molecule has 2 aromatic heterocycles. The lowest BCUT2D eigenvalue weighted by Gasteiger charge is -2.24. The van der Waals surface area contributed by atoms with Crippen molar-refractivity contribution in [1.82, 2.24) is 19.2 Å². The van der Waals surface area contributed by atoms with E-state index in [9.17, 15) is 4.79 Å². The molecule has 1 amide bonds. The number of aryl methyl sites for hydroxylation is 2. The molecule has 124 valence electrons. The van der Waals surface area contributed by atoms with Crippen molar-refractivity contribution in [2.75, 3.05) is 6.54 Å². The molecule has 1 atom stereocenters. The fraction of sp³-hybridized carbons (Fsp3) is 0.368. The molecule has 1 fully saturated rings. The molecule has 5 nitrogen and oxygen atoms in total. The summed E-state index contributed by atoms with van der Waals surface area (Å²) in [5, 5.41) is 5.43. The van der Waals surface area contributed by atoms with Crippen molar-refractivity contribution in [1.29, 1.82) is 0 Å². The Morgan fingerprint density at radius 3 is 2.88 bits per heavy atom. The molecule has 0 spiro atoms. The molecule has 24 heavy (non-hydrogen) atoms. The molecule has 0 bridgehead atoms. The highest BCUT2D eigenvalue weighted by molar-refractivity contribution is 5.89. The smallest absolute Gasteiger partial charge is 0.227 e. The number of aromatic nitrogens is 3. The third-order valence-corrected chi connectivity index (χ3v) is 5.00. The number of carbonyl (C=O) groups is 1. The minimum absolute atomic E-state index is 0.168. The van der Waals surface area contributed by atoms with Crippen LogP contribution in [0.15, 0.2) is 42.9 Å². The molecule has 0 aliphatic carbocycles. The van der Waals surface area contributed by atoms with Gasteiger partial charge in [-0.1, -0.05) is 18.2 Å². The van der Waals surface area contributed by atoms with Crippen LogP contribution in [0, 0.1) is 0 Å². The van der Waals surface area contributed by atoms with Gasteiger partial charge in [0.05, 0.1) is 18.7 Å². The molecule has 0 saturated carbocycles. The Bertz CT molecular complexity index is 892. The lowest BCUT2D eigenvalue weighted by atomic mass is 10.1. The summed E-state index contributed by atoms with van der Waals surface area (Å²) in [4.78, 5) is 15.0. The first-order chi connectivity index (χ1) is 11.6. The molecule has 1 aliphatic rings. The molecule has 4 rings (SSSR count). The van der Waals surface area contributed by atoms with E-state index in [2.05, 4.69) is 28.0 Å². The summed E-state index contributed by atoms with van der Waals surface area (Å²) in [5.74, 6) is 0.206. The number of hydrogen-bond acceptors (Lipinski definition) is 2. The molecular formula is C19H22N4O. The number of likely N-dealkylation sites (tertiary alicyclic amines) is 1. The lowest BCUT2D eigenvalue weighted by Crippen LogP contribution is -2.31. The van der Waals surface area contributed by atoms with Gasteiger partial charge in [-0.2, -0.15) is 5.10 Å². The van der Waals surface area contributed by atoms with Gasteiger partial charge >= 0.3 is 0 Å². The summed E-state index contributed by atoms with van der Waals surface area (Å²) in [6.45, 7) is 0.836. The van der Waals surface area contributed by atoms with E-state index in [1.54, 1.807) is 4.68 Å². The normalized spacial score (nSPS) is 17.8. The Balaban J connectivity index is 1.59. The van der Waals surface area contributed by atoms with Crippen molar-refractivity contribution in [2.45, 2.75) is 25.3 Å². The van der Waals surface area contributed by atoms with Gasteiger partial charge in [-0.25, -0.2) is 0 Å². The van der Waals surface area contributed by atoms with Gasteiger partial charge in [0, 0.05) is 49.5 Å². The van der Waals surface area contributed by atoms with Crippen LogP contribution in [0.1, 0.15) is 30.0 Å². The van der Waals surface area contributed by atoms with E-state index >= 15 is 0 Å². The molecule has 1 aromatic carbocycles. The van der Waals surface area contributed by atoms with Gasteiger partial charge in [-0.15, -0.1) is 0 Å². The third-order valence-electron chi connectivity index (χ3n) is 5.00. The van der Waals surface area contributed by atoms with Crippen molar-refractivity contribution in [3.63, 3.8) is 0 Å². The SMILES string of the molecule is Cn1cc([C@@H]2CCCN2C(=O)Cc2cn(C)c3ccccc23)cn1. The minimum atomic E-state index is 0.168. The highest BCUT2D eigenvalue weighted by Crippen LogP contribution is 2.32. The molecule has 1 saturated heterocycles. The first kappa shape index (κ1) is 15.0. The Morgan fingerprint density at radius 1 is 1.25 bits per heavy atom. The first-order valence-corrected chi connectivity index (χ1v) is 8.44. The van der Waals surface area contributed by atoms with Crippen molar-refractivity contribution in [3.05, 3.63) is 54.0 Å². The van der Waals surface area contributed by atoms with Gasteiger partial charge in [0.25, 0.3) is 0 Å². The monoisotopic (exact) mass is 322 g/mol. The number of para-hydroxylation sites is 1. The quantitative estimate of drug-likeness (QED) is 0.744. The maximum Gasteiger partial charge on any atom is 0.227 e. The minimum Gasteiger partial charge on any atom is -0.350 e. The van der Waals surface area contributed by atoms with E-state index in [1.165, 1.54) is 10.9 Å². The van der Waals surface area contributed by atoms with Crippen LogP contribution in [0.3, 0.4) is 0 Å². The molecule has 0 radical (unpaired) electrons. The second kappa shape index (κ2) is 5.82. The lowest BCUT2D eigenvalue weighted by molar-refractivity contribution is -0.131. The van der Waals surface area contributed by atoms with Crippen LogP contribution < -0.4 is 0 Å². The molecule has 3 aromatic rings.